The molecule has 0 atom stereocenters. The normalized spacial score (nSPS) is 10.2. The molecule has 0 fully saturated rings. The topological polar surface area (TPSA) is 20.3 Å². The van der Waals surface area contributed by atoms with Gasteiger partial charge in [-0.2, -0.15) is 0 Å². The second-order valence-corrected chi connectivity index (χ2v) is 6.42. The van der Waals surface area contributed by atoms with Crippen LogP contribution < -0.4 is 4.90 Å². The first-order valence-electron chi connectivity index (χ1n) is 8.02. The third-order valence-corrected chi connectivity index (χ3v) is 4.25. The predicted octanol–water partition coefficient (Wildman–Crippen LogP) is 5.77. The maximum Gasteiger partial charge on any atom is 0.258 e. The molecule has 0 N–H and O–H groups in total. The first-order chi connectivity index (χ1) is 12.4. The molecule has 3 aromatic carbocycles. The summed E-state index contributed by atoms with van der Waals surface area (Å²) in [4.78, 5) is 14.3. The molecule has 0 aliphatic rings. The minimum atomic E-state index is -0.792. The molecule has 0 aliphatic carbocycles. The van der Waals surface area contributed by atoms with Crippen LogP contribution in [0.3, 0.4) is 0 Å². The van der Waals surface area contributed by atoms with Gasteiger partial charge in [-0.05, 0) is 48.9 Å². The zero-order valence-electron chi connectivity index (χ0n) is 14.5. The molecule has 0 unspecified atom stereocenters. The Labute approximate surface area is 176 Å². The molecule has 6 heteroatoms. The zero-order chi connectivity index (χ0) is 18.7. The SMILES string of the molecule is Cc1ccc(CN(C(=O)c2ccc(Cl)cc2)c2ccc(F)cc2F)cc1.[Ti]. The van der Waals surface area contributed by atoms with Crippen LogP contribution in [0.15, 0.2) is 66.7 Å². The summed E-state index contributed by atoms with van der Waals surface area (Å²) in [6.45, 7) is 2.12. The van der Waals surface area contributed by atoms with Gasteiger partial charge in [-0.25, -0.2) is 8.78 Å². The molecule has 0 radical (unpaired) electrons. The number of nitrogens with zero attached hydrogens (tertiary/aromatic N) is 1. The van der Waals surface area contributed by atoms with Gasteiger partial charge in [0.05, 0.1) is 12.2 Å². The van der Waals surface area contributed by atoms with Crippen LogP contribution in [0.2, 0.25) is 5.02 Å². The average Bonchev–Trinajstić information content (AvgIpc) is 2.62. The molecule has 27 heavy (non-hydrogen) atoms. The van der Waals surface area contributed by atoms with Gasteiger partial charge in [-0.1, -0.05) is 41.4 Å². The molecule has 0 aromatic heterocycles. The Kier molecular flexibility index (Phi) is 7.31. The van der Waals surface area contributed by atoms with Gasteiger partial charge in [0.2, 0.25) is 0 Å². The standard InChI is InChI=1S/C21H16ClF2NO.Ti/c1-14-2-4-15(5-3-14)13-25(20-11-10-18(23)12-19(20)24)21(26)16-6-8-17(22)9-7-16;/h2-12H,13H2,1H3;. The molecule has 0 saturated heterocycles. The second-order valence-electron chi connectivity index (χ2n) is 5.98. The van der Waals surface area contributed by atoms with E-state index in [1.54, 1.807) is 24.3 Å². The van der Waals surface area contributed by atoms with E-state index in [9.17, 15) is 13.6 Å². The number of rotatable bonds is 4. The minimum Gasteiger partial charge on any atom is -0.301 e. The van der Waals surface area contributed by atoms with Gasteiger partial charge in [-0.3, -0.25) is 4.79 Å². The van der Waals surface area contributed by atoms with E-state index < -0.39 is 17.5 Å². The van der Waals surface area contributed by atoms with Crippen LogP contribution in [-0.2, 0) is 28.3 Å². The van der Waals surface area contributed by atoms with E-state index in [1.807, 2.05) is 31.2 Å². The van der Waals surface area contributed by atoms with Crippen LogP contribution in [0.1, 0.15) is 21.5 Å². The van der Waals surface area contributed by atoms with E-state index in [4.69, 9.17) is 11.6 Å². The molecule has 0 aliphatic heterocycles. The fourth-order valence-electron chi connectivity index (χ4n) is 2.59. The monoisotopic (exact) mass is 419 g/mol. The molecular formula is C21H16ClF2NOTi. The number of carbonyl (C=O) groups excluding carboxylic acids is 1. The summed E-state index contributed by atoms with van der Waals surface area (Å²) in [7, 11) is 0. The molecule has 0 bridgehead atoms. The Balaban J connectivity index is 0.00000261. The molecule has 1 amide bonds. The summed E-state index contributed by atoms with van der Waals surface area (Å²) in [5.74, 6) is -1.88. The van der Waals surface area contributed by atoms with Crippen molar-refractivity contribution in [3.8, 4) is 0 Å². The van der Waals surface area contributed by atoms with Crippen molar-refractivity contribution < 1.29 is 35.3 Å². The van der Waals surface area contributed by atoms with Crippen molar-refractivity contribution in [2.75, 3.05) is 4.90 Å². The van der Waals surface area contributed by atoms with Gasteiger partial charge in [0.1, 0.15) is 11.6 Å². The average molecular weight is 420 g/mol. The molecule has 0 saturated carbocycles. The van der Waals surface area contributed by atoms with Crippen LogP contribution in [0.5, 0.6) is 0 Å². The Bertz CT molecular complexity index is 930. The van der Waals surface area contributed by atoms with Gasteiger partial charge in [0.25, 0.3) is 5.91 Å². The largest absolute Gasteiger partial charge is 0.301 e. The minimum absolute atomic E-state index is 0. The predicted molar refractivity (Wildman–Crippen MR) is 99.5 cm³/mol. The van der Waals surface area contributed by atoms with Crippen molar-refractivity contribution in [1.82, 2.24) is 0 Å². The van der Waals surface area contributed by atoms with Crippen molar-refractivity contribution in [2.24, 2.45) is 0 Å². The fraction of sp³-hybridized carbons (Fsp3) is 0.0952. The third kappa shape index (κ3) is 5.26. The van der Waals surface area contributed by atoms with Crippen LogP contribution in [0.25, 0.3) is 0 Å². The molecule has 2 nitrogen and oxygen atoms in total. The Morgan fingerprint density at radius 3 is 2.19 bits per heavy atom. The van der Waals surface area contributed by atoms with Gasteiger partial charge in [-0.15, -0.1) is 0 Å². The first kappa shape index (κ1) is 21.3. The van der Waals surface area contributed by atoms with Gasteiger partial charge in [0.15, 0.2) is 0 Å². The van der Waals surface area contributed by atoms with Gasteiger partial charge in [0, 0.05) is 38.4 Å². The summed E-state index contributed by atoms with van der Waals surface area (Å²) in [6, 6.07) is 17.1. The molecular weight excluding hydrogens is 404 g/mol. The number of carbonyl (C=O) groups is 1. The molecule has 3 rings (SSSR count). The van der Waals surface area contributed by atoms with Crippen molar-refractivity contribution in [3.05, 3.63) is 100 Å². The van der Waals surface area contributed by atoms with Crippen LogP contribution in [0.4, 0.5) is 14.5 Å². The molecule has 0 spiro atoms. The summed E-state index contributed by atoms with van der Waals surface area (Å²) < 4.78 is 27.6. The Morgan fingerprint density at radius 1 is 0.963 bits per heavy atom. The number of amides is 1. The summed E-state index contributed by atoms with van der Waals surface area (Å²) in [6.07, 6.45) is 0. The smallest absolute Gasteiger partial charge is 0.258 e. The van der Waals surface area contributed by atoms with Gasteiger partial charge < -0.3 is 4.90 Å². The summed E-state index contributed by atoms with van der Waals surface area (Å²) >= 11 is 5.87. The van der Waals surface area contributed by atoms with Crippen molar-refractivity contribution in [2.45, 2.75) is 13.5 Å². The summed E-state index contributed by atoms with van der Waals surface area (Å²) in [5, 5.41) is 0.500. The number of hydrogen-bond donors (Lipinski definition) is 0. The van der Waals surface area contributed by atoms with Crippen LogP contribution >= 0.6 is 11.6 Å². The van der Waals surface area contributed by atoms with Crippen molar-refractivity contribution >= 4 is 23.2 Å². The van der Waals surface area contributed by atoms with E-state index in [0.29, 0.717) is 10.6 Å². The number of halogens is 3. The van der Waals surface area contributed by atoms with E-state index in [-0.39, 0.29) is 33.9 Å². The Hall–Kier alpha value is -2.01. The third-order valence-electron chi connectivity index (χ3n) is 4.00. The number of hydrogen-bond acceptors (Lipinski definition) is 1. The second kappa shape index (κ2) is 9.27. The molecule has 3 aromatic rings. The Morgan fingerprint density at radius 2 is 1.59 bits per heavy atom. The quantitative estimate of drug-likeness (QED) is 0.492. The van der Waals surface area contributed by atoms with Crippen molar-refractivity contribution in [1.29, 1.82) is 0 Å². The molecule has 136 valence electrons. The van der Waals surface area contributed by atoms with E-state index in [2.05, 4.69) is 0 Å². The summed E-state index contributed by atoms with van der Waals surface area (Å²) in [5.41, 5.74) is 2.30. The zero-order valence-corrected chi connectivity index (χ0v) is 16.9. The van der Waals surface area contributed by atoms with Crippen molar-refractivity contribution in [3.63, 3.8) is 0 Å². The van der Waals surface area contributed by atoms with Crippen LogP contribution in [0, 0.1) is 18.6 Å². The maximum absolute atomic E-state index is 14.4. The van der Waals surface area contributed by atoms with E-state index >= 15 is 0 Å². The van der Waals surface area contributed by atoms with E-state index in [1.165, 1.54) is 11.0 Å². The number of anilines is 1. The van der Waals surface area contributed by atoms with E-state index in [0.717, 1.165) is 23.3 Å². The van der Waals surface area contributed by atoms with Gasteiger partial charge >= 0.3 is 0 Å². The maximum atomic E-state index is 14.4. The fourth-order valence-corrected chi connectivity index (χ4v) is 2.72. The number of aryl methyl sites for hydroxylation is 1. The number of benzene rings is 3. The van der Waals surface area contributed by atoms with Crippen LogP contribution in [-0.4, -0.2) is 5.91 Å². The first-order valence-corrected chi connectivity index (χ1v) is 8.40. The molecule has 0 heterocycles.